The molecule has 0 spiro atoms. The van der Waals surface area contributed by atoms with Gasteiger partial charge in [0, 0.05) is 24.0 Å². The summed E-state index contributed by atoms with van der Waals surface area (Å²) in [5.74, 6) is 2.35. The summed E-state index contributed by atoms with van der Waals surface area (Å²) in [6.45, 7) is 4.33. The van der Waals surface area contributed by atoms with Crippen LogP contribution in [-0.2, 0) is 0 Å². The monoisotopic (exact) mass is 343 g/mol. The van der Waals surface area contributed by atoms with Crippen LogP contribution in [0, 0.1) is 5.92 Å². The number of nitrogens with zero attached hydrogens (tertiary/aromatic N) is 3. The summed E-state index contributed by atoms with van der Waals surface area (Å²) in [4.78, 5) is 12.2. The topological polar surface area (TPSA) is 42.2 Å². The fourth-order valence-corrected chi connectivity index (χ4v) is 3.89. The fourth-order valence-electron chi connectivity index (χ4n) is 3.89. The van der Waals surface area contributed by atoms with Crippen molar-refractivity contribution in [3.63, 3.8) is 0 Å². The molecule has 0 radical (unpaired) electrons. The van der Waals surface area contributed by atoms with Crippen LogP contribution in [-0.4, -0.2) is 23.1 Å². The van der Waals surface area contributed by atoms with E-state index in [0.29, 0.717) is 5.92 Å². The number of furan rings is 1. The summed E-state index contributed by atoms with van der Waals surface area (Å²) in [6, 6.07) is 18.3. The zero-order valence-corrected chi connectivity index (χ0v) is 14.9. The van der Waals surface area contributed by atoms with Crippen molar-refractivity contribution in [1.82, 2.24) is 9.97 Å². The lowest BCUT2D eigenvalue weighted by atomic mass is 10.0. The first-order chi connectivity index (χ1) is 12.8. The Morgan fingerprint density at radius 1 is 1.00 bits per heavy atom. The van der Waals surface area contributed by atoms with Crippen LogP contribution in [0.25, 0.3) is 33.5 Å². The summed E-state index contributed by atoms with van der Waals surface area (Å²) in [5.41, 5.74) is 3.61. The highest BCUT2D eigenvalue weighted by atomic mass is 16.3. The number of hydrogen-bond acceptors (Lipinski definition) is 4. The third-order valence-corrected chi connectivity index (χ3v) is 5.19. The van der Waals surface area contributed by atoms with Crippen LogP contribution in [0.3, 0.4) is 0 Å². The molecule has 1 fully saturated rings. The van der Waals surface area contributed by atoms with Crippen LogP contribution in [0.15, 0.2) is 59.0 Å². The van der Waals surface area contributed by atoms with E-state index in [9.17, 15) is 0 Å². The predicted octanol–water partition coefficient (Wildman–Crippen LogP) is 5.28. The molecular formula is C22H21N3O. The highest BCUT2D eigenvalue weighted by Crippen LogP contribution is 2.36. The van der Waals surface area contributed by atoms with Crippen molar-refractivity contribution < 1.29 is 4.42 Å². The lowest BCUT2D eigenvalue weighted by molar-refractivity contribution is 0.444. The Balaban J connectivity index is 1.78. The molecule has 0 bridgehead atoms. The third kappa shape index (κ3) is 2.53. The number of fused-ring (bicyclic) bond motifs is 3. The molecule has 0 N–H and O–H groups in total. The molecule has 0 aliphatic carbocycles. The van der Waals surface area contributed by atoms with Crippen molar-refractivity contribution in [2.24, 2.45) is 5.92 Å². The van der Waals surface area contributed by atoms with Crippen LogP contribution in [0.4, 0.5) is 5.82 Å². The van der Waals surface area contributed by atoms with Gasteiger partial charge in [-0.25, -0.2) is 9.97 Å². The molecule has 0 saturated carbocycles. The molecule has 1 atom stereocenters. The Morgan fingerprint density at radius 2 is 1.81 bits per heavy atom. The van der Waals surface area contributed by atoms with Gasteiger partial charge in [-0.1, -0.05) is 49.4 Å². The number of rotatable bonds is 2. The second-order valence-electron chi connectivity index (χ2n) is 7.21. The van der Waals surface area contributed by atoms with Gasteiger partial charge >= 0.3 is 0 Å². The minimum Gasteiger partial charge on any atom is -0.450 e. The van der Waals surface area contributed by atoms with E-state index in [1.54, 1.807) is 0 Å². The number of hydrogen-bond donors (Lipinski definition) is 0. The molecule has 2 aromatic heterocycles. The normalized spacial score (nSPS) is 17.9. The van der Waals surface area contributed by atoms with E-state index in [2.05, 4.69) is 30.0 Å². The van der Waals surface area contributed by atoms with Gasteiger partial charge in [0.25, 0.3) is 0 Å². The zero-order chi connectivity index (χ0) is 17.5. The summed E-state index contributed by atoms with van der Waals surface area (Å²) in [6.07, 6.45) is 2.46. The first-order valence-electron chi connectivity index (χ1n) is 9.29. The summed E-state index contributed by atoms with van der Waals surface area (Å²) >= 11 is 0. The number of anilines is 1. The highest BCUT2D eigenvalue weighted by molar-refractivity contribution is 6.06. The minimum atomic E-state index is 0.665. The van der Waals surface area contributed by atoms with Gasteiger partial charge < -0.3 is 9.32 Å². The minimum absolute atomic E-state index is 0.665. The van der Waals surface area contributed by atoms with Gasteiger partial charge in [-0.05, 0) is 30.9 Å². The SMILES string of the molecule is C[C@@H]1CCCN(c2nc(-c3ccccc3)nc3c2oc2ccccc23)C1. The van der Waals surface area contributed by atoms with E-state index in [1.165, 1.54) is 12.8 Å². The summed E-state index contributed by atoms with van der Waals surface area (Å²) in [5, 5.41) is 1.05. The molecule has 0 unspecified atom stereocenters. The molecule has 3 heterocycles. The number of aromatic nitrogens is 2. The maximum Gasteiger partial charge on any atom is 0.196 e. The molecule has 5 rings (SSSR count). The average Bonchev–Trinajstić information content (AvgIpc) is 3.06. The predicted molar refractivity (Wildman–Crippen MR) is 105 cm³/mol. The van der Waals surface area contributed by atoms with Crippen molar-refractivity contribution in [2.75, 3.05) is 18.0 Å². The molecule has 26 heavy (non-hydrogen) atoms. The number of benzene rings is 2. The largest absolute Gasteiger partial charge is 0.450 e. The van der Waals surface area contributed by atoms with Crippen LogP contribution in [0.2, 0.25) is 0 Å². The second kappa shape index (κ2) is 6.13. The van der Waals surface area contributed by atoms with Crippen LogP contribution in [0.1, 0.15) is 19.8 Å². The van der Waals surface area contributed by atoms with Crippen molar-refractivity contribution >= 4 is 27.9 Å². The molecule has 1 saturated heterocycles. The Kier molecular flexibility index (Phi) is 3.63. The average molecular weight is 343 g/mol. The van der Waals surface area contributed by atoms with Crippen molar-refractivity contribution in [3.05, 3.63) is 54.6 Å². The Labute approximate surface area is 152 Å². The number of piperidine rings is 1. The zero-order valence-electron chi connectivity index (χ0n) is 14.9. The first kappa shape index (κ1) is 15.4. The number of para-hydroxylation sites is 1. The maximum absolute atomic E-state index is 6.20. The van der Waals surface area contributed by atoms with Gasteiger partial charge in [0.1, 0.15) is 11.1 Å². The van der Waals surface area contributed by atoms with Crippen molar-refractivity contribution in [1.29, 1.82) is 0 Å². The van der Waals surface area contributed by atoms with E-state index in [1.807, 2.05) is 36.4 Å². The van der Waals surface area contributed by atoms with Gasteiger partial charge in [0.05, 0.1) is 0 Å². The van der Waals surface area contributed by atoms with Crippen LogP contribution >= 0.6 is 0 Å². The molecule has 4 nitrogen and oxygen atoms in total. The molecule has 1 aliphatic rings. The Morgan fingerprint density at radius 3 is 2.65 bits per heavy atom. The molecular weight excluding hydrogens is 322 g/mol. The fraction of sp³-hybridized carbons (Fsp3) is 0.273. The van der Waals surface area contributed by atoms with Gasteiger partial charge in [0.15, 0.2) is 17.2 Å². The quantitative estimate of drug-likeness (QED) is 0.496. The second-order valence-corrected chi connectivity index (χ2v) is 7.21. The van der Waals surface area contributed by atoms with E-state index >= 15 is 0 Å². The molecule has 1 aliphatic heterocycles. The Hall–Kier alpha value is -2.88. The van der Waals surface area contributed by atoms with Crippen molar-refractivity contribution in [3.8, 4) is 11.4 Å². The van der Waals surface area contributed by atoms with Crippen molar-refractivity contribution in [2.45, 2.75) is 19.8 Å². The molecule has 2 aromatic carbocycles. The Bertz CT molecular complexity index is 1070. The lowest BCUT2D eigenvalue weighted by Crippen LogP contribution is -2.35. The van der Waals surface area contributed by atoms with E-state index in [-0.39, 0.29) is 0 Å². The summed E-state index contributed by atoms with van der Waals surface area (Å²) in [7, 11) is 0. The standard InChI is InChI=1S/C22H21N3O/c1-15-8-7-13-25(14-15)22-20-19(17-11-5-6-12-18(17)26-20)23-21(24-22)16-9-3-2-4-10-16/h2-6,9-12,15H,7-8,13-14H2,1H3/t15-/m1/s1. The van der Waals surface area contributed by atoms with E-state index in [4.69, 9.17) is 14.4 Å². The van der Waals surface area contributed by atoms with Crippen LogP contribution < -0.4 is 4.90 Å². The van der Waals surface area contributed by atoms with Crippen LogP contribution in [0.5, 0.6) is 0 Å². The summed E-state index contributed by atoms with van der Waals surface area (Å²) < 4.78 is 6.20. The maximum atomic E-state index is 6.20. The van der Waals surface area contributed by atoms with Gasteiger partial charge in [0.2, 0.25) is 0 Å². The molecule has 4 heteroatoms. The molecule has 0 amide bonds. The highest BCUT2D eigenvalue weighted by Gasteiger charge is 2.24. The van der Waals surface area contributed by atoms with Gasteiger partial charge in [-0.15, -0.1) is 0 Å². The van der Waals surface area contributed by atoms with E-state index < -0.39 is 0 Å². The van der Waals surface area contributed by atoms with E-state index in [0.717, 1.165) is 52.4 Å². The van der Waals surface area contributed by atoms with Gasteiger partial charge in [-0.3, -0.25) is 0 Å². The molecule has 4 aromatic rings. The third-order valence-electron chi connectivity index (χ3n) is 5.19. The van der Waals surface area contributed by atoms with Gasteiger partial charge in [-0.2, -0.15) is 0 Å². The first-order valence-corrected chi connectivity index (χ1v) is 9.29. The lowest BCUT2D eigenvalue weighted by Gasteiger charge is -2.31. The smallest absolute Gasteiger partial charge is 0.196 e. The molecule has 130 valence electrons.